The van der Waals surface area contributed by atoms with Crippen LogP contribution in [0.15, 0.2) is 18.2 Å². The van der Waals surface area contributed by atoms with Crippen LogP contribution in [0, 0.1) is 0 Å². The first-order chi connectivity index (χ1) is 7.67. The van der Waals surface area contributed by atoms with E-state index >= 15 is 0 Å². The van der Waals surface area contributed by atoms with Crippen LogP contribution in [0.2, 0.25) is 0 Å². The van der Waals surface area contributed by atoms with Crippen molar-refractivity contribution in [2.24, 2.45) is 0 Å². The smallest absolute Gasteiger partial charge is 0.310 e. The largest absolute Gasteiger partial charge is 0.492 e. The molecule has 1 rings (SSSR count). The van der Waals surface area contributed by atoms with Gasteiger partial charge in [0.2, 0.25) is 0 Å². The molecule has 0 aromatic heterocycles. The zero-order valence-electron chi connectivity index (χ0n) is 9.66. The van der Waals surface area contributed by atoms with Gasteiger partial charge in [0.15, 0.2) is 0 Å². The summed E-state index contributed by atoms with van der Waals surface area (Å²) in [4.78, 5) is 11.3. The highest BCUT2D eigenvalue weighted by molar-refractivity contribution is 5.73. The Morgan fingerprint density at radius 2 is 2.06 bits per heavy atom. The van der Waals surface area contributed by atoms with E-state index in [0.717, 1.165) is 5.56 Å². The summed E-state index contributed by atoms with van der Waals surface area (Å²) in [5, 5.41) is 0. The lowest BCUT2D eigenvalue weighted by molar-refractivity contribution is -0.142. The van der Waals surface area contributed by atoms with Crippen LogP contribution in [0.25, 0.3) is 0 Å². The van der Waals surface area contributed by atoms with Gasteiger partial charge in [-0.3, -0.25) is 4.79 Å². The molecule has 88 valence electrons. The normalized spacial score (nSPS) is 9.88. The van der Waals surface area contributed by atoms with Crippen LogP contribution in [0.4, 0.5) is 5.69 Å². The molecule has 0 aliphatic heterocycles. The molecule has 0 aliphatic carbocycles. The van der Waals surface area contributed by atoms with Crippen molar-refractivity contribution < 1.29 is 14.3 Å². The number of nitrogens with two attached hydrogens (primary N) is 1. The summed E-state index contributed by atoms with van der Waals surface area (Å²) in [6.07, 6.45) is 0.244. The number of rotatable bonds is 5. The Kier molecular flexibility index (Phi) is 4.64. The van der Waals surface area contributed by atoms with Gasteiger partial charge in [-0.25, -0.2) is 0 Å². The first kappa shape index (κ1) is 12.4. The summed E-state index contributed by atoms with van der Waals surface area (Å²) in [5.41, 5.74) is 7.15. The van der Waals surface area contributed by atoms with Crippen molar-refractivity contribution in [3.8, 4) is 5.75 Å². The van der Waals surface area contributed by atoms with Crippen molar-refractivity contribution in [2.45, 2.75) is 20.3 Å². The summed E-state index contributed by atoms with van der Waals surface area (Å²) in [7, 11) is 0. The van der Waals surface area contributed by atoms with Crippen molar-refractivity contribution in [1.82, 2.24) is 0 Å². The monoisotopic (exact) mass is 223 g/mol. The highest BCUT2D eigenvalue weighted by Crippen LogP contribution is 2.23. The predicted octanol–water partition coefficient (Wildman–Crippen LogP) is 1.77. The number of ether oxygens (including phenoxy) is 2. The number of nitrogen functional groups attached to an aromatic ring is 1. The average Bonchev–Trinajstić information content (AvgIpc) is 2.24. The van der Waals surface area contributed by atoms with E-state index in [1.165, 1.54) is 0 Å². The lowest BCUT2D eigenvalue weighted by atomic mass is 10.1. The van der Waals surface area contributed by atoms with Crippen LogP contribution < -0.4 is 10.5 Å². The molecule has 0 fully saturated rings. The molecule has 0 radical (unpaired) electrons. The van der Waals surface area contributed by atoms with Crippen molar-refractivity contribution in [2.75, 3.05) is 18.9 Å². The van der Waals surface area contributed by atoms with Crippen LogP contribution in [-0.4, -0.2) is 19.2 Å². The third-order valence-electron chi connectivity index (χ3n) is 2.03. The molecule has 2 N–H and O–H groups in total. The SMILES string of the molecule is CCOC(=O)Cc1ccc(N)c(OCC)c1. The van der Waals surface area contributed by atoms with E-state index in [1.54, 1.807) is 25.1 Å². The highest BCUT2D eigenvalue weighted by atomic mass is 16.5. The van der Waals surface area contributed by atoms with E-state index in [0.29, 0.717) is 24.7 Å². The van der Waals surface area contributed by atoms with Crippen LogP contribution >= 0.6 is 0 Å². The van der Waals surface area contributed by atoms with Gasteiger partial charge in [-0.05, 0) is 31.5 Å². The first-order valence-corrected chi connectivity index (χ1v) is 5.34. The molecule has 0 saturated carbocycles. The Balaban J connectivity index is 2.74. The standard InChI is InChI=1S/C12H17NO3/c1-3-15-11-7-9(5-6-10(11)13)8-12(14)16-4-2/h5-7H,3-4,8,13H2,1-2H3. The van der Waals surface area contributed by atoms with Gasteiger partial charge in [-0.2, -0.15) is 0 Å². The van der Waals surface area contributed by atoms with Gasteiger partial charge in [-0.15, -0.1) is 0 Å². The number of carbonyl (C=O) groups is 1. The average molecular weight is 223 g/mol. The summed E-state index contributed by atoms with van der Waals surface area (Å²) < 4.78 is 10.2. The molecule has 0 amide bonds. The second kappa shape index (κ2) is 6.00. The van der Waals surface area contributed by atoms with Gasteiger partial charge in [0.25, 0.3) is 0 Å². The fraction of sp³-hybridized carbons (Fsp3) is 0.417. The van der Waals surface area contributed by atoms with Crippen molar-refractivity contribution in [3.05, 3.63) is 23.8 Å². The number of benzene rings is 1. The Labute approximate surface area is 95.3 Å². The molecule has 4 heteroatoms. The fourth-order valence-electron chi connectivity index (χ4n) is 1.35. The Hall–Kier alpha value is -1.71. The van der Waals surface area contributed by atoms with Gasteiger partial charge in [0.1, 0.15) is 5.75 Å². The minimum absolute atomic E-state index is 0.241. The maximum absolute atomic E-state index is 11.3. The second-order valence-corrected chi connectivity index (χ2v) is 3.29. The van der Waals surface area contributed by atoms with E-state index in [4.69, 9.17) is 15.2 Å². The van der Waals surface area contributed by atoms with Crippen LogP contribution in [-0.2, 0) is 16.0 Å². The Morgan fingerprint density at radius 1 is 1.31 bits per heavy atom. The zero-order chi connectivity index (χ0) is 12.0. The molecule has 0 atom stereocenters. The third-order valence-corrected chi connectivity index (χ3v) is 2.03. The first-order valence-electron chi connectivity index (χ1n) is 5.34. The van der Waals surface area contributed by atoms with Gasteiger partial charge < -0.3 is 15.2 Å². The lowest BCUT2D eigenvalue weighted by Crippen LogP contribution is -2.08. The summed E-state index contributed by atoms with van der Waals surface area (Å²) in [6, 6.07) is 5.31. The Morgan fingerprint density at radius 3 is 2.69 bits per heavy atom. The predicted molar refractivity (Wildman–Crippen MR) is 62.4 cm³/mol. The summed E-state index contributed by atoms with van der Waals surface area (Å²) >= 11 is 0. The number of anilines is 1. The van der Waals surface area contributed by atoms with E-state index in [-0.39, 0.29) is 12.4 Å². The van der Waals surface area contributed by atoms with Crippen LogP contribution in [0.3, 0.4) is 0 Å². The van der Waals surface area contributed by atoms with Gasteiger partial charge >= 0.3 is 5.97 Å². The minimum atomic E-state index is -0.241. The molecule has 1 aromatic carbocycles. The maximum Gasteiger partial charge on any atom is 0.310 e. The van der Waals surface area contributed by atoms with E-state index in [2.05, 4.69) is 0 Å². The van der Waals surface area contributed by atoms with E-state index < -0.39 is 0 Å². The summed E-state index contributed by atoms with van der Waals surface area (Å²) in [6.45, 7) is 4.61. The van der Waals surface area contributed by atoms with Crippen molar-refractivity contribution in [1.29, 1.82) is 0 Å². The van der Waals surface area contributed by atoms with Gasteiger partial charge in [0.05, 0.1) is 25.3 Å². The molecule has 16 heavy (non-hydrogen) atoms. The van der Waals surface area contributed by atoms with Gasteiger partial charge in [0, 0.05) is 0 Å². The molecule has 0 bridgehead atoms. The maximum atomic E-state index is 11.3. The van der Waals surface area contributed by atoms with Crippen molar-refractivity contribution >= 4 is 11.7 Å². The number of esters is 1. The van der Waals surface area contributed by atoms with Crippen molar-refractivity contribution in [3.63, 3.8) is 0 Å². The molecule has 0 heterocycles. The van der Waals surface area contributed by atoms with Crippen LogP contribution in [0.5, 0.6) is 5.75 Å². The number of hydrogen-bond acceptors (Lipinski definition) is 4. The highest BCUT2D eigenvalue weighted by Gasteiger charge is 2.07. The third kappa shape index (κ3) is 3.46. The molecule has 4 nitrogen and oxygen atoms in total. The topological polar surface area (TPSA) is 61.5 Å². The van der Waals surface area contributed by atoms with Crippen LogP contribution in [0.1, 0.15) is 19.4 Å². The quantitative estimate of drug-likeness (QED) is 0.610. The number of hydrogen-bond donors (Lipinski definition) is 1. The Bertz CT molecular complexity index is 363. The van der Waals surface area contributed by atoms with E-state index in [1.807, 2.05) is 6.92 Å². The molecule has 0 unspecified atom stereocenters. The molecule has 0 aliphatic rings. The molecule has 0 saturated heterocycles. The lowest BCUT2D eigenvalue weighted by Gasteiger charge is -2.08. The zero-order valence-corrected chi connectivity index (χ0v) is 9.66. The molecule has 1 aromatic rings. The fourth-order valence-corrected chi connectivity index (χ4v) is 1.35. The van der Waals surface area contributed by atoms with Gasteiger partial charge in [-0.1, -0.05) is 6.07 Å². The molecule has 0 spiro atoms. The minimum Gasteiger partial charge on any atom is -0.492 e. The van der Waals surface area contributed by atoms with E-state index in [9.17, 15) is 4.79 Å². The molecular weight excluding hydrogens is 206 g/mol. The second-order valence-electron chi connectivity index (χ2n) is 3.29. The summed E-state index contributed by atoms with van der Waals surface area (Å²) in [5.74, 6) is 0.374. The number of carbonyl (C=O) groups excluding carboxylic acids is 1. The molecular formula is C12H17NO3.